The van der Waals surface area contributed by atoms with Crippen LogP contribution in [0.1, 0.15) is 58.3 Å². The van der Waals surface area contributed by atoms with E-state index in [1.807, 2.05) is 0 Å². The Morgan fingerprint density at radius 1 is 0.765 bits per heavy atom. The smallest absolute Gasteiger partial charge is 0.102 e. The van der Waals surface area contributed by atoms with Crippen molar-refractivity contribution in [1.29, 1.82) is 0 Å². The van der Waals surface area contributed by atoms with Crippen LogP contribution in [0, 0.1) is 0 Å². The lowest BCUT2D eigenvalue weighted by molar-refractivity contribution is -0.890. The summed E-state index contributed by atoms with van der Waals surface area (Å²) in [5, 5.41) is 8.91. The van der Waals surface area contributed by atoms with Crippen molar-refractivity contribution in [2.75, 3.05) is 33.8 Å². The Morgan fingerprint density at radius 3 is 1.71 bits per heavy atom. The maximum absolute atomic E-state index is 8.91. The number of likely N-dealkylation sites (N-methyl/N-ethyl adjacent to an activating group) is 1. The predicted octanol–water partition coefficient (Wildman–Crippen LogP) is 0.200. The molecule has 0 radical (unpaired) electrons. The van der Waals surface area contributed by atoms with Gasteiger partial charge in [-0.15, -0.1) is 0 Å². The molecule has 0 aromatic carbocycles. The van der Waals surface area contributed by atoms with E-state index in [4.69, 9.17) is 5.11 Å². The molecule has 0 unspecified atom stereocenters. The predicted molar refractivity (Wildman–Crippen MR) is 71.5 cm³/mol. The van der Waals surface area contributed by atoms with Gasteiger partial charge in [0.25, 0.3) is 0 Å². The topological polar surface area (TPSA) is 20.2 Å². The minimum atomic E-state index is 0. The molecular weight excluding hydrogens is 278 g/mol. The van der Waals surface area contributed by atoms with E-state index >= 15 is 0 Å². The van der Waals surface area contributed by atoms with Crippen molar-refractivity contribution >= 4 is 0 Å². The van der Waals surface area contributed by atoms with Gasteiger partial charge in [0.1, 0.15) is 6.54 Å². The van der Waals surface area contributed by atoms with Crippen LogP contribution >= 0.6 is 0 Å². The van der Waals surface area contributed by atoms with Crippen LogP contribution in [0.15, 0.2) is 0 Å². The molecule has 0 fully saturated rings. The lowest BCUT2D eigenvalue weighted by Gasteiger charge is -2.28. The Hall–Kier alpha value is 0.400. The molecule has 0 heterocycles. The number of hydrogen-bond donors (Lipinski definition) is 1. The Balaban J connectivity index is 0. The lowest BCUT2D eigenvalue weighted by atomic mass is 10.1. The first kappa shape index (κ1) is 19.7. The number of quaternary nitrogens is 1. The second-order valence-corrected chi connectivity index (χ2v) is 5.58. The van der Waals surface area contributed by atoms with E-state index in [-0.39, 0.29) is 17.0 Å². The molecule has 0 aliphatic rings. The van der Waals surface area contributed by atoms with E-state index in [0.717, 1.165) is 11.0 Å². The molecule has 17 heavy (non-hydrogen) atoms. The summed E-state index contributed by atoms with van der Waals surface area (Å²) in [5.41, 5.74) is 0. The first-order valence-electron chi connectivity index (χ1n) is 7.05. The largest absolute Gasteiger partial charge is 1.00 e. The number of halogens is 1. The summed E-state index contributed by atoms with van der Waals surface area (Å²) in [6.07, 6.45) is 11.1. The summed E-state index contributed by atoms with van der Waals surface area (Å²) < 4.78 is 0.965. The van der Waals surface area contributed by atoms with Crippen LogP contribution in [0.5, 0.6) is 0 Å². The van der Waals surface area contributed by atoms with Crippen molar-refractivity contribution in [3.63, 3.8) is 0 Å². The molecule has 0 rings (SSSR count). The highest BCUT2D eigenvalue weighted by Gasteiger charge is 2.12. The zero-order valence-electron chi connectivity index (χ0n) is 12.1. The fraction of sp³-hybridized carbons (Fsp3) is 1.00. The van der Waals surface area contributed by atoms with E-state index in [1.165, 1.54) is 57.9 Å². The van der Waals surface area contributed by atoms with Crippen LogP contribution in [0.25, 0.3) is 0 Å². The molecule has 0 atom stereocenters. The molecule has 106 valence electrons. The summed E-state index contributed by atoms with van der Waals surface area (Å²) >= 11 is 0. The third-order valence-corrected chi connectivity index (χ3v) is 3.32. The fourth-order valence-electron chi connectivity index (χ4n) is 2.06. The highest BCUT2D eigenvalue weighted by atomic mass is 79.9. The third kappa shape index (κ3) is 14.3. The minimum absolute atomic E-state index is 0. The molecule has 0 aliphatic carbocycles. The Kier molecular flexibility index (Phi) is 14.9. The zero-order valence-corrected chi connectivity index (χ0v) is 13.6. The van der Waals surface area contributed by atoms with E-state index in [1.54, 1.807) is 0 Å². The van der Waals surface area contributed by atoms with Gasteiger partial charge in [-0.1, -0.05) is 45.4 Å². The summed E-state index contributed by atoms with van der Waals surface area (Å²) in [7, 11) is 4.41. The average molecular weight is 310 g/mol. The monoisotopic (exact) mass is 309 g/mol. The number of unbranched alkanes of at least 4 members (excludes halogenated alkanes) is 7. The second-order valence-electron chi connectivity index (χ2n) is 5.58. The molecule has 0 aliphatic heterocycles. The zero-order chi connectivity index (χ0) is 12.3. The van der Waals surface area contributed by atoms with Crippen LogP contribution in [0.4, 0.5) is 0 Å². The first-order valence-corrected chi connectivity index (χ1v) is 7.05. The van der Waals surface area contributed by atoms with Gasteiger partial charge in [-0.25, -0.2) is 0 Å². The number of aliphatic hydroxyl groups excluding tert-OH is 1. The number of rotatable bonds is 11. The molecule has 0 amide bonds. The minimum Gasteiger partial charge on any atom is -1.00 e. The highest BCUT2D eigenvalue weighted by molar-refractivity contribution is 4.46. The maximum Gasteiger partial charge on any atom is 0.102 e. The van der Waals surface area contributed by atoms with Gasteiger partial charge in [0, 0.05) is 0 Å². The average Bonchev–Trinajstić information content (AvgIpc) is 2.22. The van der Waals surface area contributed by atoms with Gasteiger partial charge in [0.05, 0.1) is 27.2 Å². The maximum atomic E-state index is 8.91. The third-order valence-electron chi connectivity index (χ3n) is 3.32. The number of hydrogen-bond acceptors (Lipinski definition) is 1. The Labute approximate surface area is 119 Å². The van der Waals surface area contributed by atoms with Crippen molar-refractivity contribution in [2.45, 2.75) is 58.3 Å². The van der Waals surface area contributed by atoms with Gasteiger partial charge >= 0.3 is 0 Å². The molecule has 0 saturated carbocycles. The molecule has 0 aromatic rings. The van der Waals surface area contributed by atoms with Crippen LogP contribution in [0.3, 0.4) is 0 Å². The van der Waals surface area contributed by atoms with Crippen molar-refractivity contribution in [3.8, 4) is 0 Å². The van der Waals surface area contributed by atoms with E-state index < -0.39 is 0 Å². The van der Waals surface area contributed by atoms with E-state index in [9.17, 15) is 0 Å². The van der Waals surface area contributed by atoms with Crippen LogP contribution in [-0.2, 0) is 0 Å². The molecule has 0 bridgehead atoms. The Bertz CT molecular complexity index is 151. The van der Waals surface area contributed by atoms with E-state index in [0.29, 0.717) is 6.61 Å². The van der Waals surface area contributed by atoms with Gasteiger partial charge < -0.3 is 26.6 Å². The number of nitrogens with zero attached hydrogens (tertiary/aromatic N) is 1. The Morgan fingerprint density at radius 2 is 1.24 bits per heavy atom. The second kappa shape index (κ2) is 12.8. The van der Waals surface area contributed by atoms with Gasteiger partial charge in [-0.05, 0) is 12.8 Å². The molecular formula is C14H32BrNO. The van der Waals surface area contributed by atoms with E-state index in [2.05, 4.69) is 21.0 Å². The molecule has 0 spiro atoms. The molecule has 1 N–H and O–H groups in total. The quantitative estimate of drug-likeness (QED) is 0.427. The standard InChI is InChI=1S/C14H32NO.BrH/c1-4-5-6-7-8-9-10-11-12-15(2,3)13-14-16;/h16H,4-14H2,1-3H3;1H/q+1;/p-1. The summed E-state index contributed by atoms with van der Waals surface area (Å²) in [6, 6.07) is 0. The van der Waals surface area contributed by atoms with Crippen LogP contribution in [-0.4, -0.2) is 43.4 Å². The fourth-order valence-corrected chi connectivity index (χ4v) is 2.06. The van der Waals surface area contributed by atoms with Crippen LogP contribution in [0.2, 0.25) is 0 Å². The number of aliphatic hydroxyl groups is 1. The first-order chi connectivity index (χ1) is 7.62. The molecule has 3 heteroatoms. The van der Waals surface area contributed by atoms with Gasteiger partial charge in [0.2, 0.25) is 0 Å². The summed E-state index contributed by atoms with van der Waals surface area (Å²) in [5.74, 6) is 0. The molecule has 0 aromatic heterocycles. The summed E-state index contributed by atoms with van der Waals surface area (Å²) in [6.45, 7) is 4.66. The lowest BCUT2D eigenvalue weighted by Crippen LogP contribution is -3.00. The van der Waals surface area contributed by atoms with Crippen LogP contribution < -0.4 is 17.0 Å². The van der Waals surface area contributed by atoms with Gasteiger partial charge in [0.15, 0.2) is 0 Å². The summed E-state index contributed by atoms with van der Waals surface area (Å²) in [4.78, 5) is 0. The normalized spacial score (nSPS) is 11.3. The van der Waals surface area contributed by atoms with Gasteiger partial charge in [-0.3, -0.25) is 0 Å². The van der Waals surface area contributed by atoms with Crippen molar-refractivity contribution in [2.24, 2.45) is 0 Å². The van der Waals surface area contributed by atoms with Crippen molar-refractivity contribution in [3.05, 3.63) is 0 Å². The van der Waals surface area contributed by atoms with Crippen molar-refractivity contribution in [1.82, 2.24) is 0 Å². The SMILES string of the molecule is CCCCCCCCCC[N+](C)(C)CCO.[Br-]. The van der Waals surface area contributed by atoms with Crippen molar-refractivity contribution < 1.29 is 26.6 Å². The molecule has 0 saturated heterocycles. The molecule has 2 nitrogen and oxygen atoms in total. The van der Waals surface area contributed by atoms with Gasteiger partial charge in [-0.2, -0.15) is 0 Å². The highest BCUT2D eigenvalue weighted by Crippen LogP contribution is 2.09.